The van der Waals surface area contributed by atoms with Gasteiger partial charge in [0.1, 0.15) is 11.3 Å². The highest BCUT2D eigenvalue weighted by Gasteiger charge is 2.15. The summed E-state index contributed by atoms with van der Waals surface area (Å²) < 4.78 is 11.3. The van der Waals surface area contributed by atoms with E-state index in [2.05, 4.69) is 21.2 Å². The maximum Gasteiger partial charge on any atom is 0.342 e. The summed E-state index contributed by atoms with van der Waals surface area (Å²) in [5.41, 5.74) is 1.99. The van der Waals surface area contributed by atoms with E-state index in [-0.39, 0.29) is 6.61 Å². The van der Waals surface area contributed by atoms with Gasteiger partial charge in [0.2, 0.25) is 0 Å². The molecule has 1 amide bonds. The average Bonchev–Trinajstić information content (AvgIpc) is 2.57. The minimum absolute atomic E-state index is 0.297. The standard InChI is InChI=1S/C18H18BrNO4/c1-3-23-16-7-5-4-6-14(16)18(22)24-11-17(21)20-13-9-8-12(2)15(19)10-13/h4-10H,3,11H2,1-2H3,(H,20,21). The third kappa shape index (κ3) is 4.83. The number of esters is 1. The molecule has 0 heterocycles. The molecule has 0 aliphatic rings. The molecule has 2 rings (SSSR count). The lowest BCUT2D eigenvalue weighted by Gasteiger charge is -2.10. The van der Waals surface area contributed by atoms with Gasteiger partial charge in [-0.25, -0.2) is 4.79 Å². The molecule has 0 bridgehead atoms. The van der Waals surface area contributed by atoms with Crippen LogP contribution >= 0.6 is 15.9 Å². The molecular formula is C18H18BrNO4. The van der Waals surface area contributed by atoms with Crippen molar-refractivity contribution in [2.24, 2.45) is 0 Å². The Morgan fingerprint density at radius 2 is 1.92 bits per heavy atom. The van der Waals surface area contributed by atoms with Crippen LogP contribution in [0.25, 0.3) is 0 Å². The van der Waals surface area contributed by atoms with E-state index >= 15 is 0 Å². The number of hydrogen-bond acceptors (Lipinski definition) is 4. The monoisotopic (exact) mass is 391 g/mol. The van der Waals surface area contributed by atoms with E-state index in [1.165, 1.54) is 0 Å². The van der Waals surface area contributed by atoms with Gasteiger partial charge >= 0.3 is 5.97 Å². The van der Waals surface area contributed by atoms with Crippen LogP contribution in [-0.2, 0) is 9.53 Å². The summed E-state index contributed by atoms with van der Waals surface area (Å²) >= 11 is 3.40. The van der Waals surface area contributed by atoms with Gasteiger partial charge in [0.15, 0.2) is 6.61 Å². The second kappa shape index (κ2) is 8.49. The van der Waals surface area contributed by atoms with Crippen molar-refractivity contribution in [1.29, 1.82) is 0 Å². The molecule has 0 saturated heterocycles. The number of halogens is 1. The minimum Gasteiger partial charge on any atom is -0.493 e. The highest BCUT2D eigenvalue weighted by molar-refractivity contribution is 9.10. The fraction of sp³-hybridized carbons (Fsp3) is 0.222. The van der Waals surface area contributed by atoms with E-state index in [4.69, 9.17) is 9.47 Å². The highest BCUT2D eigenvalue weighted by atomic mass is 79.9. The molecule has 126 valence electrons. The number of anilines is 1. The molecule has 5 nitrogen and oxygen atoms in total. The predicted octanol–water partition coefficient (Wildman–Crippen LogP) is 3.95. The second-order valence-electron chi connectivity index (χ2n) is 5.02. The zero-order valence-electron chi connectivity index (χ0n) is 13.5. The lowest BCUT2D eigenvalue weighted by Crippen LogP contribution is -2.21. The largest absolute Gasteiger partial charge is 0.493 e. The number of amides is 1. The number of para-hydroxylation sites is 1. The van der Waals surface area contributed by atoms with Crippen molar-refractivity contribution in [2.75, 3.05) is 18.5 Å². The average molecular weight is 392 g/mol. The third-order valence-electron chi connectivity index (χ3n) is 3.20. The molecule has 2 aromatic carbocycles. The van der Waals surface area contributed by atoms with Crippen molar-refractivity contribution < 1.29 is 19.1 Å². The smallest absolute Gasteiger partial charge is 0.342 e. The highest BCUT2D eigenvalue weighted by Crippen LogP contribution is 2.21. The Hall–Kier alpha value is -2.34. The molecule has 0 unspecified atom stereocenters. The molecule has 0 spiro atoms. The molecular weight excluding hydrogens is 374 g/mol. The molecule has 0 radical (unpaired) electrons. The van der Waals surface area contributed by atoms with Crippen molar-refractivity contribution >= 4 is 33.5 Å². The summed E-state index contributed by atoms with van der Waals surface area (Å²) in [5.74, 6) is -0.569. The SMILES string of the molecule is CCOc1ccccc1C(=O)OCC(=O)Nc1ccc(C)c(Br)c1. The molecule has 1 N–H and O–H groups in total. The number of carbonyl (C=O) groups is 2. The molecule has 0 aliphatic heterocycles. The number of ether oxygens (including phenoxy) is 2. The molecule has 0 aliphatic carbocycles. The van der Waals surface area contributed by atoms with Gasteiger partial charge in [0, 0.05) is 10.2 Å². The van der Waals surface area contributed by atoms with Crippen LogP contribution < -0.4 is 10.1 Å². The number of carbonyl (C=O) groups excluding carboxylic acids is 2. The van der Waals surface area contributed by atoms with Crippen molar-refractivity contribution in [1.82, 2.24) is 0 Å². The van der Waals surface area contributed by atoms with Gasteiger partial charge in [-0.1, -0.05) is 34.1 Å². The number of aryl methyl sites for hydroxylation is 1. The van der Waals surface area contributed by atoms with Crippen LogP contribution in [0.1, 0.15) is 22.8 Å². The molecule has 0 saturated carbocycles. The first-order valence-electron chi connectivity index (χ1n) is 7.46. The van der Waals surface area contributed by atoms with Crippen molar-refractivity contribution in [3.05, 3.63) is 58.1 Å². The Morgan fingerprint density at radius 1 is 1.17 bits per heavy atom. The van der Waals surface area contributed by atoms with Gasteiger partial charge in [-0.3, -0.25) is 4.79 Å². The van der Waals surface area contributed by atoms with Crippen LogP contribution in [0.15, 0.2) is 46.9 Å². The number of rotatable bonds is 6. The van der Waals surface area contributed by atoms with Crippen molar-refractivity contribution in [3.63, 3.8) is 0 Å². The van der Waals surface area contributed by atoms with Crippen molar-refractivity contribution in [3.8, 4) is 5.75 Å². The van der Waals surface area contributed by atoms with E-state index < -0.39 is 11.9 Å². The van der Waals surface area contributed by atoms with Crippen LogP contribution in [0.4, 0.5) is 5.69 Å². The maximum atomic E-state index is 12.1. The van der Waals surface area contributed by atoms with Crippen LogP contribution in [-0.4, -0.2) is 25.1 Å². The minimum atomic E-state index is -0.598. The summed E-state index contributed by atoms with van der Waals surface area (Å²) in [6.07, 6.45) is 0. The van der Waals surface area contributed by atoms with Crippen LogP contribution in [0, 0.1) is 6.92 Å². The molecule has 0 fully saturated rings. The summed E-state index contributed by atoms with van der Waals surface area (Å²) in [6, 6.07) is 12.2. The second-order valence-corrected chi connectivity index (χ2v) is 5.87. The number of hydrogen-bond donors (Lipinski definition) is 1. The molecule has 0 atom stereocenters. The zero-order chi connectivity index (χ0) is 17.5. The summed E-state index contributed by atoms with van der Waals surface area (Å²) in [4.78, 5) is 24.0. The number of benzene rings is 2. The predicted molar refractivity (Wildman–Crippen MR) is 95.4 cm³/mol. The van der Waals surface area contributed by atoms with E-state index in [1.807, 2.05) is 19.9 Å². The first-order chi connectivity index (χ1) is 11.5. The summed E-state index contributed by atoms with van der Waals surface area (Å²) in [5, 5.41) is 2.68. The summed E-state index contributed by atoms with van der Waals surface area (Å²) in [7, 11) is 0. The third-order valence-corrected chi connectivity index (χ3v) is 4.05. The Kier molecular flexibility index (Phi) is 6.37. The van der Waals surface area contributed by atoms with Gasteiger partial charge in [-0.15, -0.1) is 0 Å². The fourth-order valence-corrected chi connectivity index (χ4v) is 2.37. The fourth-order valence-electron chi connectivity index (χ4n) is 1.99. The van der Waals surface area contributed by atoms with E-state index in [0.29, 0.717) is 23.6 Å². The van der Waals surface area contributed by atoms with Gasteiger partial charge in [0.05, 0.1) is 6.61 Å². The molecule has 24 heavy (non-hydrogen) atoms. The quantitative estimate of drug-likeness (QED) is 0.757. The lowest BCUT2D eigenvalue weighted by atomic mass is 10.2. The van der Waals surface area contributed by atoms with Crippen LogP contribution in [0.5, 0.6) is 5.75 Å². The summed E-state index contributed by atoms with van der Waals surface area (Å²) in [6.45, 7) is 3.85. The van der Waals surface area contributed by atoms with Gasteiger partial charge in [-0.05, 0) is 43.7 Å². The van der Waals surface area contributed by atoms with E-state index in [9.17, 15) is 9.59 Å². The Labute approximate surface area is 149 Å². The zero-order valence-corrected chi connectivity index (χ0v) is 15.1. The Bertz CT molecular complexity index is 746. The van der Waals surface area contributed by atoms with Gasteiger partial charge < -0.3 is 14.8 Å². The molecule has 0 aromatic heterocycles. The first kappa shape index (κ1) is 18.0. The topological polar surface area (TPSA) is 64.6 Å². The van der Waals surface area contributed by atoms with Crippen LogP contribution in [0.3, 0.4) is 0 Å². The lowest BCUT2D eigenvalue weighted by molar-refractivity contribution is -0.119. The molecule has 6 heteroatoms. The van der Waals surface area contributed by atoms with Gasteiger partial charge in [0.25, 0.3) is 5.91 Å². The Balaban J connectivity index is 1.94. The van der Waals surface area contributed by atoms with Gasteiger partial charge in [-0.2, -0.15) is 0 Å². The maximum absolute atomic E-state index is 12.1. The normalized spacial score (nSPS) is 10.1. The van der Waals surface area contributed by atoms with Crippen molar-refractivity contribution in [2.45, 2.75) is 13.8 Å². The number of nitrogens with one attached hydrogen (secondary N) is 1. The van der Waals surface area contributed by atoms with E-state index in [1.54, 1.807) is 36.4 Å². The molecule has 2 aromatic rings. The van der Waals surface area contributed by atoms with E-state index in [0.717, 1.165) is 10.0 Å². The Morgan fingerprint density at radius 3 is 2.62 bits per heavy atom. The first-order valence-corrected chi connectivity index (χ1v) is 8.25. The van der Waals surface area contributed by atoms with Crippen LogP contribution in [0.2, 0.25) is 0 Å².